The molecule has 7 nitrogen and oxygen atoms in total. The minimum absolute atomic E-state index is 0.117. The van der Waals surface area contributed by atoms with Gasteiger partial charge >= 0.3 is 6.01 Å². The number of anilines is 1. The monoisotopic (exact) mass is 549 g/mol. The smallest absolute Gasteiger partial charge is 0.319 e. The molecular formula is C34H39N5O2. The molecule has 1 aromatic heterocycles. The lowest BCUT2D eigenvalue weighted by molar-refractivity contribution is -0.0230. The van der Waals surface area contributed by atoms with Crippen LogP contribution in [0.15, 0.2) is 54.6 Å². The van der Waals surface area contributed by atoms with Gasteiger partial charge in [0.1, 0.15) is 18.2 Å². The number of piperazine rings is 1. The summed E-state index contributed by atoms with van der Waals surface area (Å²) in [5.41, 5.74) is 3.04. The van der Waals surface area contributed by atoms with E-state index in [0.29, 0.717) is 24.7 Å². The minimum atomic E-state index is 0.117. The lowest BCUT2D eigenvalue weighted by Crippen LogP contribution is -2.57. The number of hydrogen-bond donors (Lipinski definition) is 2. The molecule has 7 heteroatoms. The van der Waals surface area contributed by atoms with Crippen molar-refractivity contribution in [2.24, 2.45) is 0 Å². The molecule has 4 fully saturated rings. The highest BCUT2D eigenvalue weighted by atomic mass is 16.5. The van der Waals surface area contributed by atoms with Crippen molar-refractivity contribution in [1.82, 2.24) is 20.2 Å². The second kappa shape index (κ2) is 10.1. The summed E-state index contributed by atoms with van der Waals surface area (Å²) >= 11 is 0. The standard InChI is InChI=1S/C34H39N5O2/c40-27-17-23-7-1-2-8-28(23)30(19-27)24-9-12-29-31(18-24)36-33(37-32(29)38-20-25-10-11-26(21-38)35-25)41-22-34-13-3-5-15-39(34)16-6-4-14-34/h1-2,7-9,12,17-19,25-26,35,40H,3-6,10-11,13-16,20-22H2/t25-,26+. The quantitative estimate of drug-likeness (QED) is 0.322. The minimum Gasteiger partial charge on any atom is -0.508 e. The third-order valence-electron chi connectivity index (χ3n) is 10.1. The molecule has 2 bridgehead atoms. The Kier molecular flexibility index (Phi) is 6.26. The molecule has 0 saturated carbocycles. The van der Waals surface area contributed by atoms with Gasteiger partial charge in [-0.2, -0.15) is 9.97 Å². The first-order chi connectivity index (χ1) is 20.1. The normalized spacial score (nSPS) is 24.0. The van der Waals surface area contributed by atoms with E-state index in [1.54, 1.807) is 0 Å². The molecule has 4 aliphatic rings. The SMILES string of the molecule is Oc1cc(-c2ccc3c(N4C[C@H]5CC[C@@H](C4)N5)nc(OCC45CCCCN4CCCC5)nc3c2)c2ccccc2c1. The van der Waals surface area contributed by atoms with Crippen LogP contribution in [0.4, 0.5) is 5.82 Å². The van der Waals surface area contributed by atoms with Crippen LogP contribution in [0.5, 0.6) is 11.8 Å². The first kappa shape index (κ1) is 25.3. The van der Waals surface area contributed by atoms with E-state index in [1.807, 2.05) is 30.3 Å². The van der Waals surface area contributed by atoms with Crippen LogP contribution in [0, 0.1) is 0 Å². The highest BCUT2D eigenvalue weighted by Crippen LogP contribution is 2.39. The van der Waals surface area contributed by atoms with Gasteiger partial charge in [0.2, 0.25) is 0 Å². The lowest BCUT2D eigenvalue weighted by Gasteiger charge is -2.49. The number of phenols is 1. The van der Waals surface area contributed by atoms with Crippen LogP contribution in [-0.4, -0.2) is 70.4 Å². The molecule has 0 radical (unpaired) electrons. The number of nitrogens with zero attached hydrogens (tertiary/aromatic N) is 4. The number of phenolic OH excluding ortho intramolecular Hbond substituents is 1. The number of aromatic nitrogens is 2. The molecule has 4 aliphatic heterocycles. The highest BCUT2D eigenvalue weighted by molar-refractivity contribution is 6.00. The Morgan fingerprint density at radius 3 is 2.46 bits per heavy atom. The van der Waals surface area contributed by atoms with Crippen molar-refractivity contribution in [3.8, 4) is 22.9 Å². The summed E-state index contributed by atoms with van der Waals surface area (Å²) < 4.78 is 6.60. The van der Waals surface area contributed by atoms with Gasteiger partial charge in [0.25, 0.3) is 0 Å². The molecular weight excluding hydrogens is 510 g/mol. The Bertz CT molecular complexity index is 1580. The third-order valence-corrected chi connectivity index (χ3v) is 10.1. The molecule has 0 unspecified atom stereocenters. The molecule has 8 rings (SSSR count). The zero-order valence-corrected chi connectivity index (χ0v) is 23.7. The molecule has 2 N–H and O–H groups in total. The molecule has 0 amide bonds. The maximum absolute atomic E-state index is 10.5. The molecule has 4 aromatic rings. The van der Waals surface area contributed by atoms with Gasteiger partial charge in [0.15, 0.2) is 0 Å². The van der Waals surface area contributed by atoms with E-state index >= 15 is 0 Å². The number of benzene rings is 3. The van der Waals surface area contributed by atoms with Crippen LogP contribution in [0.25, 0.3) is 32.8 Å². The van der Waals surface area contributed by atoms with Gasteiger partial charge in [-0.25, -0.2) is 0 Å². The van der Waals surface area contributed by atoms with Crippen molar-refractivity contribution in [3.63, 3.8) is 0 Å². The van der Waals surface area contributed by atoms with Crippen molar-refractivity contribution >= 4 is 27.5 Å². The second-order valence-electron chi connectivity index (χ2n) is 12.7. The highest BCUT2D eigenvalue weighted by Gasteiger charge is 2.41. The Morgan fingerprint density at radius 2 is 1.66 bits per heavy atom. The first-order valence-corrected chi connectivity index (χ1v) is 15.6. The van der Waals surface area contributed by atoms with Crippen LogP contribution in [0.3, 0.4) is 0 Å². The van der Waals surface area contributed by atoms with E-state index in [2.05, 4.69) is 39.4 Å². The zero-order chi connectivity index (χ0) is 27.4. The number of nitrogens with one attached hydrogen (secondary N) is 1. The average Bonchev–Trinajstić information content (AvgIpc) is 3.35. The molecule has 0 spiro atoms. The molecule has 41 heavy (non-hydrogen) atoms. The lowest BCUT2D eigenvalue weighted by atomic mass is 9.80. The van der Waals surface area contributed by atoms with Gasteiger partial charge in [-0.05, 0) is 97.8 Å². The van der Waals surface area contributed by atoms with Crippen LogP contribution in [-0.2, 0) is 0 Å². The van der Waals surface area contributed by atoms with Crippen molar-refractivity contribution in [2.75, 3.05) is 37.7 Å². The zero-order valence-electron chi connectivity index (χ0n) is 23.7. The Balaban J connectivity index is 1.21. The largest absolute Gasteiger partial charge is 0.508 e. The van der Waals surface area contributed by atoms with Gasteiger partial charge in [-0.15, -0.1) is 0 Å². The average molecular weight is 550 g/mol. The predicted octanol–water partition coefficient (Wildman–Crippen LogP) is 5.88. The predicted molar refractivity (Wildman–Crippen MR) is 164 cm³/mol. The van der Waals surface area contributed by atoms with Gasteiger partial charge in [-0.3, -0.25) is 4.90 Å². The fourth-order valence-corrected chi connectivity index (χ4v) is 8.04. The maximum atomic E-state index is 10.5. The summed E-state index contributed by atoms with van der Waals surface area (Å²) in [5.74, 6) is 1.25. The van der Waals surface area contributed by atoms with Crippen molar-refractivity contribution in [2.45, 2.75) is 69.0 Å². The summed E-state index contributed by atoms with van der Waals surface area (Å²) in [4.78, 5) is 15.3. The maximum Gasteiger partial charge on any atom is 0.319 e. The van der Waals surface area contributed by atoms with Crippen molar-refractivity contribution < 1.29 is 9.84 Å². The molecule has 5 heterocycles. The van der Waals surface area contributed by atoms with E-state index < -0.39 is 0 Å². The summed E-state index contributed by atoms with van der Waals surface area (Å²) in [6, 6.07) is 19.9. The number of aromatic hydroxyl groups is 1. The van der Waals surface area contributed by atoms with Gasteiger partial charge in [0, 0.05) is 30.6 Å². The molecule has 212 valence electrons. The Labute approximate surface area is 241 Å². The topological polar surface area (TPSA) is 73.8 Å². The molecule has 4 saturated heterocycles. The first-order valence-electron chi connectivity index (χ1n) is 15.6. The third kappa shape index (κ3) is 4.59. The summed E-state index contributed by atoms with van der Waals surface area (Å²) in [5, 5.41) is 17.5. The van der Waals surface area contributed by atoms with Crippen LogP contribution < -0.4 is 15.0 Å². The van der Waals surface area contributed by atoms with Gasteiger partial charge < -0.3 is 20.1 Å². The number of hydrogen-bond acceptors (Lipinski definition) is 7. The van der Waals surface area contributed by atoms with E-state index in [1.165, 1.54) is 64.5 Å². The molecule has 2 atom stereocenters. The van der Waals surface area contributed by atoms with Gasteiger partial charge in [0.05, 0.1) is 11.1 Å². The number of fused-ring (bicyclic) bond motifs is 5. The van der Waals surface area contributed by atoms with Crippen molar-refractivity contribution in [1.29, 1.82) is 0 Å². The second-order valence-corrected chi connectivity index (χ2v) is 12.7. The fourth-order valence-electron chi connectivity index (χ4n) is 8.04. The number of piperidine rings is 2. The van der Waals surface area contributed by atoms with E-state index in [-0.39, 0.29) is 11.3 Å². The molecule has 3 aromatic carbocycles. The Hall–Kier alpha value is -3.42. The summed E-state index contributed by atoms with van der Waals surface area (Å²) in [6.45, 7) is 4.93. The number of ether oxygens (including phenoxy) is 1. The van der Waals surface area contributed by atoms with E-state index in [9.17, 15) is 5.11 Å². The van der Waals surface area contributed by atoms with Crippen LogP contribution >= 0.6 is 0 Å². The fraction of sp³-hybridized carbons (Fsp3) is 0.471. The van der Waals surface area contributed by atoms with E-state index in [4.69, 9.17) is 14.7 Å². The van der Waals surface area contributed by atoms with Gasteiger partial charge in [-0.1, -0.05) is 43.2 Å². The van der Waals surface area contributed by atoms with Crippen LogP contribution in [0.1, 0.15) is 51.4 Å². The molecule has 0 aliphatic carbocycles. The Morgan fingerprint density at radius 1 is 0.878 bits per heavy atom. The number of rotatable bonds is 5. The summed E-state index contributed by atoms with van der Waals surface area (Å²) in [6.07, 6.45) is 9.96. The summed E-state index contributed by atoms with van der Waals surface area (Å²) in [7, 11) is 0. The van der Waals surface area contributed by atoms with Crippen LogP contribution in [0.2, 0.25) is 0 Å². The van der Waals surface area contributed by atoms with Crippen molar-refractivity contribution in [3.05, 3.63) is 54.6 Å². The van der Waals surface area contributed by atoms with E-state index in [0.717, 1.165) is 51.7 Å².